The molecule has 3 rings (SSSR count). The predicted octanol–water partition coefficient (Wildman–Crippen LogP) is 4.46. The molecule has 2 N–H and O–H groups in total. The Kier molecular flexibility index (Phi) is 6.34. The van der Waals surface area contributed by atoms with E-state index >= 15 is 0 Å². The zero-order valence-electron chi connectivity index (χ0n) is 15.5. The predicted molar refractivity (Wildman–Crippen MR) is 114 cm³/mol. The summed E-state index contributed by atoms with van der Waals surface area (Å²) < 4.78 is 19.9. The third-order valence-corrected chi connectivity index (χ3v) is 4.84. The van der Waals surface area contributed by atoms with E-state index in [9.17, 15) is 9.18 Å². The highest BCUT2D eigenvalue weighted by atomic mass is 32.2. The Labute approximate surface area is 167 Å². The fraction of sp³-hybridized carbons (Fsp3) is 0.136. The van der Waals surface area contributed by atoms with Gasteiger partial charge in [0.25, 0.3) is 5.56 Å². The minimum absolute atomic E-state index is 0.230. The average Bonchev–Trinajstić information content (AvgIpc) is 2.69. The van der Waals surface area contributed by atoms with Crippen molar-refractivity contribution in [3.63, 3.8) is 0 Å². The SMILES string of the molecule is C=C(c1ccc(F)cc1)c1ccc(=O)n(-c2ccc(CCOSC)cc2)c1N. The number of rotatable bonds is 7. The summed E-state index contributed by atoms with van der Waals surface area (Å²) in [6.45, 7) is 4.69. The second kappa shape index (κ2) is 8.91. The zero-order chi connectivity index (χ0) is 20.1. The molecule has 4 nitrogen and oxygen atoms in total. The maximum atomic E-state index is 13.2. The summed E-state index contributed by atoms with van der Waals surface area (Å²) in [5.41, 5.74) is 9.86. The average molecular weight is 396 g/mol. The number of aromatic nitrogens is 1. The number of nitrogen functional groups attached to an aromatic ring is 1. The van der Waals surface area contributed by atoms with Crippen molar-refractivity contribution >= 4 is 23.4 Å². The van der Waals surface area contributed by atoms with E-state index in [1.54, 1.807) is 18.2 Å². The third kappa shape index (κ3) is 4.35. The van der Waals surface area contributed by atoms with Gasteiger partial charge in [-0.2, -0.15) is 0 Å². The maximum absolute atomic E-state index is 13.2. The van der Waals surface area contributed by atoms with Gasteiger partial charge in [0.05, 0.1) is 12.3 Å². The molecule has 0 aliphatic rings. The lowest BCUT2D eigenvalue weighted by atomic mass is 10.00. The van der Waals surface area contributed by atoms with E-state index < -0.39 is 0 Å². The van der Waals surface area contributed by atoms with Gasteiger partial charge in [0.15, 0.2) is 0 Å². The molecule has 0 unspecified atom stereocenters. The van der Waals surface area contributed by atoms with Crippen LogP contribution in [0, 0.1) is 5.82 Å². The molecule has 0 saturated heterocycles. The van der Waals surface area contributed by atoms with E-state index in [1.807, 2.05) is 30.5 Å². The van der Waals surface area contributed by atoms with Gasteiger partial charge in [0, 0.05) is 17.9 Å². The summed E-state index contributed by atoms with van der Waals surface area (Å²) in [5, 5.41) is 0. The monoisotopic (exact) mass is 396 g/mol. The van der Waals surface area contributed by atoms with Crippen LogP contribution in [0.3, 0.4) is 0 Å². The highest BCUT2D eigenvalue weighted by Crippen LogP contribution is 2.27. The van der Waals surface area contributed by atoms with Gasteiger partial charge < -0.3 is 9.92 Å². The molecule has 28 heavy (non-hydrogen) atoms. The Bertz CT molecular complexity index is 1030. The summed E-state index contributed by atoms with van der Waals surface area (Å²) in [7, 11) is 0. The second-order valence-corrected chi connectivity index (χ2v) is 6.77. The molecule has 0 saturated carbocycles. The quantitative estimate of drug-likeness (QED) is 0.473. The molecule has 0 aliphatic carbocycles. The third-order valence-electron chi connectivity index (χ3n) is 4.43. The van der Waals surface area contributed by atoms with Crippen molar-refractivity contribution < 1.29 is 8.57 Å². The van der Waals surface area contributed by atoms with Crippen molar-refractivity contribution in [1.29, 1.82) is 0 Å². The molecule has 144 valence electrons. The molecule has 2 aromatic carbocycles. The van der Waals surface area contributed by atoms with Crippen molar-refractivity contribution in [2.75, 3.05) is 18.6 Å². The summed E-state index contributed by atoms with van der Waals surface area (Å²) in [6, 6.07) is 16.7. The first kappa shape index (κ1) is 19.9. The Morgan fingerprint density at radius 3 is 2.43 bits per heavy atom. The van der Waals surface area contributed by atoms with Crippen molar-refractivity contribution in [3.8, 4) is 5.69 Å². The van der Waals surface area contributed by atoms with Crippen LogP contribution in [0.25, 0.3) is 11.3 Å². The molecule has 0 spiro atoms. The van der Waals surface area contributed by atoms with Gasteiger partial charge in [0.2, 0.25) is 0 Å². The first-order valence-electron chi connectivity index (χ1n) is 8.73. The van der Waals surface area contributed by atoms with E-state index in [-0.39, 0.29) is 11.4 Å². The number of halogens is 1. The van der Waals surface area contributed by atoms with Crippen LogP contribution >= 0.6 is 12.0 Å². The standard InChI is InChI=1S/C22H21FN2O2S/c1-15(17-5-7-18(23)8-6-17)20-11-12-21(26)25(22(20)24)19-9-3-16(4-10-19)13-14-27-28-2/h3-12H,1,13-14,24H2,2H3. The van der Waals surface area contributed by atoms with Gasteiger partial charge in [-0.25, -0.2) is 4.39 Å². The first-order valence-corrected chi connectivity index (χ1v) is 9.88. The van der Waals surface area contributed by atoms with E-state index in [0.717, 1.165) is 17.5 Å². The molecule has 0 atom stereocenters. The molecular formula is C22H21FN2O2S. The number of nitrogens with two attached hydrogens (primary N) is 1. The van der Waals surface area contributed by atoms with E-state index in [0.29, 0.717) is 29.2 Å². The van der Waals surface area contributed by atoms with Crippen LogP contribution in [0.4, 0.5) is 10.2 Å². The molecular weight excluding hydrogens is 375 g/mol. The normalized spacial score (nSPS) is 10.8. The summed E-state index contributed by atoms with van der Waals surface area (Å²) >= 11 is 1.34. The fourth-order valence-corrected chi connectivity index (χ4v) is 3.19. The van der Waals surface area contributed by atoms with Gasteiger partial charge in [0.1, 0.15) is 11.6 Å². The van der Waals surface area contributed by atoms with Crippen LogP contribution in [-0.2, 0) is 10.6 Å². The molecule has 0 amide bonds. The number of benzene rings is 2. The molecule has 1 heterocycles. The van der Waals surface area contributed by atoms with Crippen LogP contribution < -0.4 is 11.3 Å². The van der Waals surface area contributed by atoms with Crippen LogP contribution in [0.15, 0.2) is 72.0 Å². The van der Waals surface area contributed by atoms with E-state index in [2.05, 4.69) is 6.58 Å². The molecule has 3 aromatic rings. The second-order valence-electron chi connectivity index (χ2n) is 6.20. The first-order chi connectivity index (χ1) is 13.5. The van der Waals surface area contributed by atoms with Crippen molar-refractivity contribution in [2.45, 2.75) is 6.42 Å². The Hall–Kier alpha value is -2.83. The largest absolute Gasteiger partial charge is 0.384 e. The lowest BCUT2D eigenvalue weighted by molar-refractivity contribution is 0.381. The van der Waals surface area contributed by atoms with Crippen LogP contribution in [-0.4, -0.2) is 17.4 Å². The van der Waals surface area contributed by atoms with Gasteiger partial charge >= 0.3 is 0 Å². The molecule has 1 aromatic heterocycles. The van der Waals surface area contributed by atoms with Crippen LogP contribution in [0.2, 0.25) is 0 Å². The van der Waals surface area contributed by atoms with Crippen molar-refractivity contribution in [1.82, 2.24) is 4.57 Å². The van der Waals surface area contributed by atoms with Crippen LogP contribution in [0.1, 0.15) is 16.7 Å². The van der Waals surface area contributed by atoms with E-state index in [4.69, 9.17) is 9.92 Å². The molecule has 0 aliphatic heterocycles. The lowest BCUT2D eigenvalue weighted by Gasteiger charge is -2.16. The van der Waals surface area contributed by atoms with Gasteiger partial charge in [-0.3, -0.25) is 9.36 Å². The lowest BCUT2D eigenvalue weighted by Crippen LogP contribution is -2.21. The highest BCUT2D eigenvalue weighted by Gasteiger charge is 2.13. The molecule has 0 bridgehead atoms. The summed E-state index contributed by atoms with van der Waals surface area (Å²) in [5.74, 6) is -0.0298. The number of hydrogen-bond donors (Lipinski definition) is 1. The number of pyridine rings is 1. The molecule has 0 fully saturated rings. The Morgan fingerprint density at radius 1 is 1.11 bits per heavy atom. The summed E-state index contributed by atoms with van der Waals surface area (Å²) in [6.07, 6.45) is 2.66. The number of hydrogen-bond acceptors (Lipinski definition) is 4. The smallest absolute Gasteiger partial charge is 0.256 e. The zero-order valence-corrected chi connectivity index (χ0v) is 16.3. The Morgan fingerprint density at radius 2 is 1.79 bits per heavy atom. The molecule has 6 heteroatoms. The maximum Gasteiger partial charge on any atom is 0.256 e. The van der Waals surface area contributed by atoms with Crippen molar-refractivity contribution in [2.24, 2.45) is 0 Å². The summed E-state index contributed by atoms with van der Waals surface area (Å²) in [4.78, 5) is 12.5. The Balaban J connectivity index is 1.94. The molecule has 0 radical (unpaired) electrons. The van der Waals surface area contributed by atoms with E-state index in [1.165, 1.54) is 34.8 Å². The highest BCUT2D eigenvalue weighted by molar-refractivity contribution is 7.93. The number of anilines is 1. The van der Waals surface area contributed by atoms with Gasteiger partial charge in [-0.15, -0.1) is 0 Å². The van der Waals surface area contributed by atoms with Gasteiger partial charge in [-0.1, -0.05) is 30.8 Å². The number of nitrogens with zero attached hydrogens (tertiary/aromatic N) is 1. The van der Waals surface area contributed by atoms with Gasteiger partial charge in [-0.05, 0) is 65.5 Å². The van der Waals surface area contributed by atoms with Crippen molar-refractivity contribution in [3.05, 3.63) is 100 Å². The minimum Gasteiger partial charge on any atom is -0.384 e. The fourth-order valence-electron chi connectivity index (χ4n) is 2.94. The minimum atomic E-state index is -0.322. The topological polar surface area (TPSA) is 57.2 Å². The van der Waals surface area contributed by atoms with Crippen LogP contribution in [0.5, 0.6) is 0 Å².